The molecule has 2 aromatic carbocycles. The Kier molecular flexibility index (Phi) is 2.39. The molecule has 0 unspecified atom stereocenters. The summed E-state index contributed by atoms with van der Waals surface area (Å²) in [6.45, 7) is 1.49. The Morgan fingerprint density at radius 3 is 2.60 bits per heavy atom. The largest absolute Gasteiger partial charge is 0.294 e. The van der Waals surface area contributed by atoms with E-state index in [9.17, 15) is 4.79 Å². The summed E-state index contributed by atoms with van der Waals surface area (Å²) in [6.07, 6.45) is 0. The molecule has 0 aliphatic heterocycles. The zero-order chi connectivity index (χ0) is 10.8. The Hall–Kier alpha value is -1.87. The van der Waals surface area contributed by atoms with E-state index in [1.54, 1.807) is 6.07 Å². The van der Waals surface area contributed by atoms with Crippen LogP contribution >= 0.6 is 0 Å². The van der Waals surface area contributed by atoms with Gasteiger partial charge in [-0.25, -0.2) is 0 Å². The van der Waals surface area contributed by atoms with Crippen LogP contribution in [-0.4, -0.2) is 11.0 Å². The molecule has 3 heteroatoms. The molecular weight excluding hydrogens is 190 g/mol. The smallest absolute Gasteiger partial charge is 0.162 e. The molecule has 0 atom stereocenters. The molecule has 0 spiro atoms. The standard InChI is InChI=1S/C12H11NO2/c1-8(14)12-10-5-3-2-4-9(10)6-7-11(12)13-15/h2-7,13,15H,1H3. The Morgan fingerprint density at radius 2 is 1.93 bits per heavy atom. The van der Waals surface area contributed by atoms with Crippen molar-refractivity contribution in [3.8, 4) is 0 Å². The van der Waals surface area contributed by atoms with E-state index in [4.69, 9.17) is 5.21 Å². The molecule has 2 N–H and O–H groups in total. The first kappa shape index (κ1) is 9.68. The molecular formula is C12H11NO2. The van der Waals surface area contributed by atoms with Crippen molar-refractivity contribution in [1.29, 1.82) is 0 Å². The fourth-order valence-electron chi connectivity index (χ4n) is 1.74. The highest BCUT2D eigenvalue weighted by Gasteiger charge is 2.10. The lowest BCUT2D eigenvalue weighted by Gasteiger charge is -2.08. The number of nitrogens with one attached hydrogen (secondary N) is 1. The quantitative estimate of drug-likeness (QED) is 0.580. The van der Waals surface area contributed by atoms with Crippen molar-refractivity contribution in [1.82, 2.24) is 0 Å². The molecule has 0 amide bonds. The lowest BCUT2D eigenvalue weighted by Crippen LogP contribution is -2.01. The third kappa shape index (κ3) is 1.57. The highest BCUT2D eigenvalue weighted by atomic mass is 16.5. The van der Waals surface area contributed by atoms with Gasteiger partial charge in [-0.05, 0) is 23.8 Å². The summed E-state index contributed by atoms with van der Waals surface area (Å²) in [5.74, 6) is -0.0663. The van der Waals surface area contributed by atoms with Gasteiger partial charge in [0.25, 0.3) is 0 Å². The number of Topliss-reactive ketones (excluding diaryl/α,β-unsaturated/α-hetero) is 1. The molecule has 2 aromatic rings. The Labute approximate surface area is 87.3 Å². The predicted molar refractivity (Wildman–Crippen MR) is 59.4 cm³/mol. The monoisotopic (exact) mass is 201 g/mol. The molecule has 0 saturated carbocycles. The van der Waals surface area contributed by atoms with Gasteiger partial charge in [0.1, 0.15) is 0 Å². The number of hydrogen-bond donors (Lipinski definition) is 2. The van der Waals surface area contributed by atoms with Gasteiger partial charge >= 0.3 is 0 Å². The van der Waals surface area contributed by atoms with E-state index >= 15 is 0 Å². The predicted octanol–water partition coefficient (Wildman–Crippen LogP) is 2.84. The van der Waals surface area contributed by atoms with E-state index in [1.807, 2.05) is 35.8 Å². The van der Waals surface area contributed by atoms with Crippen LogP contribution in [0.25, 0.3) is 10.8 Å². The number of carbonyl (C=O) groups is 1. The maximum absolute atomic E-state index is 11.5. The van der Waals surface area contributed by atoms with Crippen LogP contribution in [0.15, 0.2) is 36.4 Å². The zero-order valence-electron chi connectivity index (χ0n) is 8.32. The maximum atomic E-state index is 11.5. The Morgan fingerprint density at radius 1 is 1.20 bits per heavy atom. The number of hydrogen-bond acceptors (Lipinski definition) is 3. The molecule has 15 heavy (non-hydrogen) atoms. The van der Waals surface area contributed by atoms with Crippen molar-refractivity contribution in [2.24, 2.45) is 0 Å². The topological polar surface area (TPSA) is 49.3 Å². The average molecular weight is 201 g/mol. The summed E-state index contributed by atoms with van der Waals surface area (Å²) < 4.78 is 0. The molecule has 0 aliphatic rings. The SMILES string of the molecule is CC(=O)c1c(NO)ccc2ccccc12. The summed E-state index contributed by atoms with van der Waals surface area (Å²) in [4.78, 5) is 11.5. The van der Waals surface area contributed by atoms with E-state index in [1.165, 1.54) is 6.92 Å². The third-order valence-electron chi connectivity index (χ3n) is 2.40. The highest BCUT2D eigenvalue weighted by Crippen LogP contribution is 2.26. The van der Waals surface area contributed by atoms with Gasteiger partial charge in [0.15, 0.2) is 5.78 Å². The van der Waals surface area contributed by atoms with Gasteiger partial charge in [0.05, 0.1) is 11.3 Å². The average Bonchev–Trinajstić information content (AvgIpc) is 2.27. The van der Waals surface area contributed by atoms with Gasteiger partial charge in [-0.2, -0.15) is 0 Å². The minimum Gasteiger partial charge on any atom is -0.294 e. The zero-order valence-corrected chi connectivity index (χ0v) is 8.32. The summed E-state index contributed by atoms with van der Waals surface area (Å²) >= 11 is 0. The molecule has 0 bridgehead atoms. The number of anilines is 1. The molecule has 0 radical (unpaired) electrons. The molecule has 3 nitrogen and oxygen atoms in total. The van der Waals surface area contributed by atoms with Gasteiger partial charge in [-0.3, -0.25) is 15.5 Å². The van der Waals surface area contributed by atoms with Gasteiger partial charge < -0.3 is 0 Å². The van der Waals surface area contributed by atoms with Crippen LogP contribution in [0.2, 0.25) is 0 Å². The fourth-order valence-corrected chi connectivity index (χ4v) is 1.74. The molecule has 0 aromatic heterocycles. The lowest BCUT2D eigenvalue weighted by molar-refractivity contribution is 0.101. The lowest BCUT2D eigenvalue weighted by atomic mass is 10.0. The van der Waals surface area contributed by atoms with Crippen LogP contribution in [0, 0.1) is 0 Å². The van der Waals surface area contributed by atoms with Crippen LogP contribution in [0.4, 0.5) is 5.69 Å². The van der Waals surface area contributed by atoms with Crippen LogP contribution in [-0.2, 0) is 0 Å². The van der Waals surface area contributed by atoms with E-state index in [0.29, 0.717) is 11.3 Å². The molecule has 0 fully saturated rings. The summed E-state index contributed by atoms with van der Waals surface area (Å²) in [7, 11) is 0. The molecule has 76 valence electrons. The Bertz CT molecular complexity index is 520. The first-order valence-corrected chi connectivity index (χ1v) is 4.67. The number of ketones is 1. The van der Waals surface area contributed by atoms with Crippen molar-refractivity contribution in [3.05, 3.63) is 42.0 Å². The number of rotatable bonds is 2. The van der Waals surface area contributed by atoms with Gasteiger partial charge in [-0.15, -0.1) is 0 Å². The molecule has 2 rings (SSSR count). The molecule has 0 aliphatic carbocycles. The van der Waals surface area contributed by atoms with Gasteiger partial charge in [0.2, 0.25) is 0 Å². The first-order valence-electron chi connectivity index (χ1n) is 4.67. The second kappa shape index (κ2) is 3.71. The van der Waals surface area contributed by atoms with Crippen molar-refractivity contribution in [2.45, 2.75) is 6.92 Å². The summed E-state index contributed by atoms with van der Waals surface area (Å²) in [5, 5.41) is 10.8. The van der Waals surface area contributed by atoms with E-state index in [2.05, 4.69) is 0 Å². The summed E-state index contributed by atoms with van der Waals surface area (Å²) in [6, 6.07) is 11.1. The van der Waals surface area contributed by atoms with Crippen LogP contribution in [0.3, 0.4) is 0 Å². The fraction of sp³-hybridized carbons (Fsp3) is 0.0833. The minimum atomic E-state index is -0.0663. The number of fused-ring (bicyclic) bond motifs is 1. The summed E-state index contributed by atoms with van der Waals surface area (Å²) in [5.41, 5.74) is 3.02. The second-order valence-corrected chi connectivity index (χ2v) is 3.38. The third-order valence-corrected chi connectivity index (χ3v) is 2.40. The number of benzene rings is 2. The van der Waals surface area contributed by atoms with Gasteiger partial charge in [-0.1, -0.05) is 30.3 Å². The van der Waals surface area contributed by atoms with E-state index < -0.39 is 0 Å². The maximum Gasteiger partial charge on any atom is 0.162 e. The van der Waals surface area contributed by atoms with Crippen LogP contribution < -0.4 is 5.48 Å². The van der Waals surface area contributed by atoms with Crippen molar-refractivity contribution < 1.29 is 10.0 Å². The van der Waals surface area contributed by atoms with E-state index in [-0.39, 0.29) is 5.78 Å². The highest BCUT2D eigenvalue weighted by molar-refractivity contribution is 6.11. The molecule has 0 heterocycles. The van der Waals surface area contributed by atoms with Crippen molar-refractivity contribution >= 4 is 22.2 Å². The second-order valence-electron chi connectivity index (χ2n) is 3.38. The Balaban J connectivity index is 2.85. The van der Waals surface area contributed by atoms with Crippen molar-refractivity contribution in [2.75, 3.05) is 5.48 Å². The number of carbonyl (C=O) groups excluding carboxylic acids is 1. The minimum absolute atomic E-state index is 0.0663. The van der Waals surface area contributed by atoms with Gasteiger partial charge in [0, 0.05) is 0 Å². The van der Waals surface area contributed by atoms with Crippen molar-refractivity contribution in [3.63, 3.8) is 0 Å². The van der Waals surface area contributed by atoms with E-state index in [0.717, 1.165) is 10.8 Å². The first-order chi connectivity index (χ1) is 7.24. The van der Waals surface area contributed by atoms with Crippen LogP contribution in [0.1, 0.15) is 17.3 Å². The molecule has 0 saturated heterocycles. The normalized spacial score (nSPS) is 10.3. The van der Waals surface area contributed by atoms with Crippen LogP contribution in [0.5, 0.6) is 0 Å².